The lowest BCUT2D eigenvalue weighted by Gasteiger charge is -2.32. The zero-order valence-corrected chi connectivity index (χ0v) is 14.2. The second-order valence-electron chi connectivity index (χ2n) is 5.67. The Balaban J connectivity index is 1.95. The number of likely N-dealkylation sites (tertiary alicyclic amines) is 1. The first-order chi connectivity index (χ1) is 11.2. The minimum absolute atomic E-state index is 0.0181. The van der Waals surface area contributed by atoms with Gasteiger partial charge in [-0.15, -0.1) is 0 Å². The fourth-order valence-corrected chi connectivity index (χ4v) is 2.77. The van der Waals surface area contributed by atoms with Crippen LogP contribution < -0.4 is 14.8 Å². The summed E-state index contributed by atoms with van der Waals surface area (Å²) in [5.41, 5.74) is 1.04. The van der Waals surface area contributed by atoms with E-state index >= 15 is 0 Å². The molecule has 126 valence electrons. The molecule has 1 fully saturated rings. The van der Waals surface area contributed by atoms with E-state index in [1.165, 1.54) is 0 Å². The molecule has 1 unspecified atom stereocenters. The molecule has 0 aromatic heterocycles. The first-order valence-corrected chi connectivity index (χ1v) is 8.06. The van der Waals surface area contributed by atoms with Crippen molar-refractivity contribution in [2.45, 2.75) is 25.8 Å². The summed E-state index contributed by atoms with van der Waals surface area (Å²) in [6, 6.07) is 6.06. The van der Waals surface area contributed by atoms with E-state index in [-0.39, 0.29) is 12.5 Å². The van der Waals surface area contributed by atoms with Gasteiger partial charge in [-0.3, -0.25) is 4.79 Å². The average molecular weight is 318 g/mol. The third kappa shape index (κ3) is 4.73. The van der Waals surface area contributed by atoms with Crippen molar-refractivity contribution in [3.05, 3.63) is 29.8 Å². The lowest BCUT2D eigenvalue weighted by Crippen LogP contribution is -2.48. The molecule has 0 bridgehead atoms. The van der Waals surface area contributed by atoms with Gasteiger partial charge < -0.3 is 19.7 Å². The highest BCUT2D eigenvalue weighted by atomic mass is 16.5. The highest BCUT2D eigenvalue weighted by Gasteiger charge is 2.23. The number of carbonyl (C=O) groups excluding carboxylic acids is 1. The summed E-state index contributed by atoms with van der Waals surface area (Å²) < 4.78 is 11.0. The van der Waals surface area contributed by atoms with Gasteiger partial charge in [0.2, 0.25) is 0 Å². The van der Waals surface area contributed by atoms with Gasteiger partial charge in [0.1, 0.15) is 0 Å². The molecule has 23 heavy (non-hydrogen) atoms. The number of hydrogen-bond acceptors (Lipinski definition) is 4. The largest absolute Gasteiger partial charge is 0.493 e. The van der Waals surface area contributed by atoms with Crippen molar-refractivity contribution in [2.24, 2.45) is 0 Å². The number of carbonyl (C=O) groups is 1. The molecule has 1 saturated heterocycles. The highest BCUT2D eigenvalue weighted by Crippen LogP contribution is 2.28. The Hall–Kier alpha value is -2.01. The van der Waals surface area contributed by atoms with Crippen LogP contribution >= 0.6 is 0 Å². The lowest BCUT2D eigenvalue weighted by atomic mass is 10.1. The predicted molar refractivity (Wildman–Crippen MR) is 91.9 cm³/mol. The number of amides is 1. The fraction of sp³-hybridized carbons (Fsp3) is 0.500. The molecule has 1 aliphatic heterocycles. The summed E-state index contributed by atoms with van der Waals surface area (Å²) in [5.74, 6) is 1.25. The molecule has 0 aliphatic carbocycles. The van der Waals surface area contributed by atoms with Crippen molar-refractivity contribution in [1.29, 1.82) is 0 Å². The third-order valence-corrected chi connectivity index (χ3v) is 4.08. The number of likely N-dealkylation sites (N-methyl/N-ethyl adjacent to an activating group) is 1. The smallest absolute Gasteiger partial charge is 0.260 e. The van der Waals surface area contributed by atoms with Gasteiger partial charge >= 0.3 is 0 Å². The second-order valence-corrected chi connectivity index (χ2v) is 5.67. The number of hydrogen-bond donors (Lipinski definition) is 1. The number of nitrogens with zero attached hydrogens (tertiary/aromatic N) is 1. The van der Waals surface area contributed by atoms with Crippen LogP contribution in [0.5, 0.6) is 11.5 Å². The summed E-state index contributed by atoms with van der Waals surface area (Å²) in [6.45, 7) is 3.55. The molecule has 1 N–H and O–H groups in total. The molecular formula is C18H26N2O3. The zero-order valence-electron chi connectivity index (χ0n) is 14.2. The van der Waals surface area contributed by atoms with E-state index in [0.717, 1.165) is 31.5 Å². The summed E-state index contributed by atoms with van der Waals surface area (Å²) in [5, 5.41) is 3.24. The Morgan fingerprint density at radius 1 is 1.43 bits per heavy atom. The SMILES string of the molecule is C/C=C/c1ccc(OCC(=O)N2CCCC(NC)C2)c(OC)c1. The molecule has 0 spiro atoms. The second kappa shape index (κ2) is 8.58. The van der Waals surface area contributed by atoms with Crippen LogP contribution in [0.4, 0.5) is 0 Å². The van der Waals surface area contributed by atoms with Gasteiger partial charge in [0.15, 0.2) is 18.1 Å². The van der Waals surface area contributed by atoms with E-state index in [4.69, 9.17) is 9.47 Å². The van der Waals surface area contributed by atoms with Gasteiger partial charge in [0, 0.05) is 19.1 Å². The van der Waals surface area contributed by atoms with Gasteiger partial charge in [0.25, 0.3) is 5.91 Å². The van der Waals surface area contributed by atoms with Crippen molar-refractivity contribution in [3.8, 4) is 11.5 Å². The van der Waals surface area contributed by atoms with E-state index in [0.29, 0.717) is 17.5 Å². The minimum atomic E-state index is 0.0181. The third-order valence-electron chi connectivity index (χ3n) is 4.08. The number of nitrogens with one attached hydrogen (secondary N) is 1. The van der Waals surface area contributed by atoms with Crippen LogP contribution in [-0.2, 0) is 4.79 Å². The van der Waals surface area contributed by atoms with Crippen LogP contribution in [0.2, 0.25) is 0 Å². The normalized spacial score (nSPS) is 18.2. The quantitative estimate of drug-likeness (QED) is 0.874. The van der Waals surface area contributed by atoms with Crippen molar-refractivity contribution < 1.29 is 14.3 Å². The van der Waals surface area contributed by atoms with Crippen molar-refractivity contribution in [2.75, 3.05) is 33.9 Å². The Labute approximate surface area is 138 Å². The Kier molecular flexibility index (Phi) is 6.47. The van der Waals surface area contributed by atoms with Crippen molar-refractivity contribution in [1.82, 2.24) is 10.2 Å². The molecular weight excluding hydrogens is 292 g/mol. The number of piperidine rings is 1. The van der Waals surface area contributed by atoms with Crippen LogP contribution in [0, 0.1) is 0 Å². The number of ether oxygens (including phenoxy) is 2. The van der Waals surface area contributed by atoms with Gasteiger partial charge in [-0.1, -0.05) is 18.2 Å². The average Bonchev–Trinajstić information content (AvgIpc) is 2.60. The maximum atomic E-state index is 12.3. The van der Waals surface area contributed by atoms with Gasteiger partial charge in [-0.25, -0.2) is 0 Å². The van der Waals surface area contributed by atoms with Crippen LogP contribution in [0.1, 0.15) is 25.3 Å². The molecule has 0 saturated carbocycles. The maximum Gasteiger partial charge on any atom is 0.260 e. The van der Waals surface area contributed by atoms with Gasteiger partial charge in [-0.2, -0.15) is 0 Å². The minimum Gasteiger partial charge on any atom is -0.493 e. The summed E-state index contributed by atoms with van der Waals surface area (Å²) in [4.78, 5) is 14.2. The molecule has 1 aromatic rings. The first-order valence-electron chi connectivity index (χ1n) is 8.06. The van der Waals surface area contributed by atoms with E-state index in [1.54, 1.807) is 7.11 Å². The number of benzene rings is 1. The Bertz CT molecular complexity index is 557. The first kappa shape index (κ1) is 17.3. The topological polar surface area (TPSA) is 50.8 Å². The molecule has 0 radical (unpaired) electrons. The molecule has 1 aliphatic rings. The highest BCUT2D eigenvalue weighted by molar-refractivity contribution is 5.78. The zero-order chi connectivity index (χ0) is 16.7. The number of allylic oxidation sites excluding steroid dienone is 1. The fourth-order valence-electron chi connectivity index (χ4n) is 2.77. The van der Waals surface area contributed by atoms with E-state index in [2.05, 4.69) is 5.32 Å². The monoisotopic (exact) mass is 318 g/mol. The maximum absolute atomic E-state index is 12.3. The van der Waals surface area contributed by atoms with Crippen LogP contribution in [0.25, 0.3) is 6.08 Å². The number of methoxy groups -OCH3 is 1. The summed E-state index contributed by atoms with van der Waals surface area (Å²) in [7, 11) is 3.54. The van der Waals surface area contributed by atoms with E-state index < -0.39 is 0 Å². The van der Waals surface area contributed by atoms with Crippen molar-refractivity contribution in [3.63, 3.8) is 0 Å². The summed E-state index contributed by atoms with van der Waals surface area (Å²) >= 11 is 0. The lowest BCUT2D eigenvalue weighted by molar-refractivity contribution is -0.134. The molecule has 1 aromatic carbocycles. The molecule has 1 amide bonds. The Morgan fingerprint density at radius 2 is 2.26 bits per heavy atom. The Morgan fingerprint density at radius 3 is 2.96 bits per heavy atom. The van der Waals surface area contributed by atoms with Gasteiger partial charge in [0.05, 0.1) is 7.11 Å². The predicted octanol–water partition coefficient (Wildman–Crippen LogP) is 2.32. The van der Waals surface area contributed by atoms with E-state index in [9.17, 15) is 4.79 Å². The summed E-state index contributed by atoms with van der Waals surface area (Å²) in [6.07, 6.45) is 6.09. The van der Waals surface area contributed by atoms with Gasteiger partial charge in [-0.05, 0) is 44.5 Å². The molecule has 5 nitrogen and oxygen atoms in total. The molecule has 1 heterocycles. The van der Waals surface area contributed by atoms with Crippen LogP contribution in [0.3, 0.4) is 0 Å². The van der Waals surface area contributed by atoms with Crippen molar-refractivity contribution >= 4 is 12.0 Å². The van der Waals surface area contributed by atoms with Crippen LogP contribution in [-0.4, -0.2) is 50.7 Å². The van der Waals surface area contributed by atoms with E-state index in [1.807, 2.05) is 49.2 Å². The molecule has 1 atom stereocenters. The molecule has 5 heteroatoms. The number of rotatable bonds is 6. The standard InChI is InChI=1S/C18H26N2O3/c1-4-6-14-8-9-16(17(11-14)22-3)23-13-18(21)20-10-5-7-15(12-20)19-2/h4,6,8-9,11,15,19H,5,7,10,12-13H2,1-3H3/b6-4+. The van der Waals surface area contributed by atoms with Crippen LogP contribution in [0.15, 0.2) is 24.3 Å². The molecule has 2 rings (SSSR count).